The summed E-state index contributed by atoms with van der Waals surface area (Å²) in [6, 6.07) is 14.3. The average Bonchev–Trinajstić information content (AvgIpc) is 2.82. The van der Waals surface area contributed by atoms with Crippen molar-refractivity contribution in [2.24, 2.45) is 0 Å². The zero-order chi connectivity index (χ0) is 26.0. The van der Waals surface area contributed by atoms with Gasteiger partial charge in [-0.15, -0.1) is 0 Å². The van der Waals surface area contributed by atoms with E-state index < -0.39 is 47.2 Å². The van der Waals surface area contributed by atoms with Crippen LogP contribution in [0.5, 0.6) is 0 Å². The minimum atomic E-state index is -4.89. The monoisotopic (exact) mass is 498 g/mol. The number of rotatable bonds is 5. The van der Waals surface area contributed by atoms with Crippen LogP contribution < -0.4 is 16.2 Å². The molecule has 7 nitrogen and oxygen atoms in total. The summed E-state index contributed by atoms with van der Waals surface area (Å²) in [7, 11) is 0. The first-order valence-electron chi connectivity index (χ1n) is 10.6. The van der Waals surface area contributed by atoms with E-state index in [0.717, 1.165) is 22.8 Å². The Hall–Kier alpha value is -4.54. The smallest absolute Gasteiger partial charge is 0.324 e. The summed E-state index contributed by atoms with van der Waals surface area (Å²) in [4.78, 5) is 41.9. The van der Waals surface area contributed by atoms with Crippen LogP contribution in [0.2, 0.25) is 0 Å². The lowest BCUT2D eigenvalue weighted by Gasteiger charge is -2.17. The molecule has 0 aliphatic rings. The zero-order valence-electron chi connectivity index (χ0n) is 18.7. The molecule has 0 atom stereocenters. The third-order valence-electron chi connectivity index (χ3n) is 5.33. The summed E-state index contributed by atoms with van der Waals surface area (Å²) in [6.45, 7) is 0.945. The number of hydrogen-bond acceptors (Lipinski definition) is 4. The molecule has 0 spiro atoms. The molecule has 1 heterocycles. The Labute approximate surface area is 201 Å². The number of aryl methyl sites for hydroxylation is 1. The summed E-state index contributed by atoms with van der Waals surface area (Å²) in [5.74, 6) is -2.43. The van der Waals surface area contributed by atoms with E-state index in [4.69, 9.17) is 0 Å². The molecule has 2 amide bonds. The van der Waals surface area contributed by atoms with Gasteiger partial charge in [0.2, 0.25) is 5.91 Å². The minimum absolute atomic E-state index is 0.219. The highest BCUT2D eigenvalue weighted by atomic mass is 19.4. The van der Waals surface area contributed by atoms with E-state index in [9.17, 15) is 31.9 Å². The fourth-order valence-corrected chi connectivity index (χ4v) is 3.61. The molecule has 4 rings (SSSR count). The van der Waals surface area contributed by atoms with Crippen LogP contribution in [-0.4, -0.2) is 21.4 Å². The molecule has 0 bridgehead atoms. The fraction of sp³-hybridized carbons (Fsp3) is 0.120. The molecule has 0 radical (unpaired) electrons. The molecule has 0 saturated carbocycles. The van der Waals surface area contributed by atoms with Gasteiger partial charge in [-0.2, -0.15) is 13.2 Å². The number of para-hydroxylation sites is 1. The largest absolute Gasteiger partial charge is 0.418 e. The SMILES string of the molecule is Cc1nc2ccccc2c(=O)n1CC(=O)Nc1ccc(NC(=O)c2ccccc2F)cc1C(F)(F)F. The predicted molar refractivity (Wildman–Crippen MR) is 125 cm³/mol. The van der Waals surface area contributed by atoms with E-state index >= 15 is 0 Å². The molecule has 0 fully saturated rings. The van der Waals surface area contributed by atoms with Crippen LogP contribution in [0, 0.1) is 12.7 Å². The average molecular weight is 498 g/mol. The number of fused-ring (bicyclic) bond motifs is 1. The second-order valence-corrected chi connectivity index (χ2v) is 7.81. The Morgan fingerprint density at radius 1 is 0.972 bits per heavy atom. The van der Waals surface area contributed by atoms with Gasteiger partial charge in [-0.1, -0.05) is 24.3 Å². The highest BCUT2D eigenvalue weighted by molar-refractivity contribution is 6.04. The zero-order valence-corrected chi connectivity index (χ0v) is 18.7. The highest BCUT2D eigenvalue weighted by Gasteiger charge is 2.34. The van der Waals surface area contributed by atoms with Gasteiger partial charge < -0.3 is 10.6 Å². The molecular formula is C25H18F4N4O3. The summed E-state index contributed by atoms with van der Waals surface area (Å²) in [5, 5.41) is 4.65. The van der Waals surface area contributed by atoms with Crippen molar-refractivity contribution in [1.29, 1.82) is 0 Å². The molecule has 1 aromatic heterocycles. The number of anilines is 2. The molecule has 184 valence electrons. The Kier molecular flexibility index (Phi) is 6.56. The van der Waals surface area contributed by atoms with Gasteiger partial charge in [-0.05, 0) is 49.4 Å². The first-order chi connectivity index (χ1) is 17.0. The Morgan fingerprint density at radius 3 is 2.39 bits per heavy atom. The van der Waals surface area contributed by atoms with E-state index in [0.29, 0.717) is 11.6 Å². The van der Waals surface area contributed by atoms with E-state index in [2.05, 4.69) is 15.6 Å². The number of hydrogen-bond donors (Lipinski definition) is 2. The van der Waals surface area contributed by atoms with Crippen LogP contribution in [0.15, 0.2) is 71.5 Å². The molecule has 0 unspecified atom stereocenters. The maximum atomic E-state index is 13.8. The second kappa shape index (κ2) is 9.61. The van der Waals surface area contributed by atoms with E-state index in [-0.39, 0.29) is 22.5 Å². The molecule has 36 heavy (non-hydrogen) atoms. The van der Waals surface area contributed by atoms with Crippen LogP contribution in [0.25, 0.3) is 10.9 Å². The van der Waals surface area contributed by atoms with Gasteiger partial charge >= 0.3 is 6.18 Å². The highest BCUT2D eigenvalue weighted by Crippen LogP contribution is 2.36. The lowest BCUT2D eigenvalue weighted by molar-refractivity contribution is -0.136. The number of halogens is 4. The van der Waals surface area contributed by atoms with Crippen molar-refractivity contribution in [3.63, 3.8) is 0 Å². The first kappa shape index (κ1) is 24.6. The molecule has 3 aromatic carbocycles. The maximum absolute atomic E-state index is 13.8. The third-order valence-corrected chi connectivity index (χ3v) is 5.33. The molecular weight excluding hydrogens is 480 g/mol. The first-order valence-corrected chi connectivity index (χ1v) is 10.6. The minimum Gasteiger partial charge on any atom is -0.324 e. The van der Waals surface area contributed by atoms with Gasteiger partial charge in [0, 0.05) is 5.69 Å². The quantitative estimate of drug-likeness (QED) is 0.389. The van der Waals surface area contributed by atoms with Crippen LogP contribution in [0.4, 0.5) is 28.9 Å². The molecule has 0 aliphatic heterocycles. The Morgan fingerprint density at radius 2 is 1.67 bits per heavy atom. The van der Waals surface area contributed by atoms with Crippen molar-refractivity contribution in [3.8, 4) is 0 Å². The Balaban J connectivity index is 1.59. The summed E-state index contributed by atoms with van der Waals surface area (Å²) in [6.07, 6.45) is -4.89. The number of amides is 2. The van der Waals surface area contributed by atoms with Gasteiger partial charge in [0.05, 0.1) is 27.7 Å². The lowest BCUT2D eigenvalue weighted by Crippen LogP contribution is -2.30. The number of aromatic nitrogens is 2. The number of benzene rings is 3. The van der Waals surface area contributed by atoms with Gasteiger partial charge in [-0.25, -0.2) is 9.37 Å². The maximum Gasteiger partial charge on any atom is 0.418 e. The molecule has 0 aliphatic carbocycles. The lowest BCUT2D eigenvalue weighted by atomic mass is 10.1. The fourth-order valence-electron chi connectivity index (χ4n) is 3.61. The van der Waals surface area contributed by atoms with Crippen molar-refractivity contribution >= 4 is 34.1 Å². The van der Waals surface area contributed by atoms with Crippen molar-refractivity contribution in [1.82, 2.24) is 9.55 Å². The third kappa shape index (κ3) is 5.09. The molecule has 4 aromatic rings. The Bertz CT molecular complexity index is 1550. The normalized spacial score (nSPS) is 11.4. The van der Waals surface area contributed by atoms with E-state index in [1.165, 1.54) is 31.2 Å². The van der Waals surface area contributed by atoms with Crippen molar-refractivity contribution in [2.45, 2.75) is 19.6 Å². The number of alkyl halides is 3. The summed E-state index contributed by atoms with van der Waals surface area (Å²) < 4.78 is 56.1. The van der Waals surface area contributed by atoms with Crippen LogP contribution in [0.1, 0.15) is 21.7 Å². The van der Waals surface area contributed by atoms with Crippen LogP contribution >= 0.6 is 0 Å². The van der Waals surface area contributed by atoms with Crippen molar-refractivity contribution < 1.29 is 27.2 Å². The van der Waals surface area contributed by atoms with Gasteiger partial charge in [0.15, 0.2) is 0 Å². The topological polar surface area (TPSA) is 93.1 Å². The number of nitrogens with one attached hydrogen (secondary N) is 2. The number of carbonyl (C=O) groups is 2. The molecule has 11 heteroatoms. The van der Waals surface area contributed by atoms with Crippen LogP contribution in [-0.2, 0) is 17.5 Å². The predicted octanol–water partition coefficient (Wildman–Crippen LogP) is 4.75. The van der Waals surface area contributed by atoms with E-state index in [1.807, 2.05) is 0 Å². The van der Waals surface area contributed by atoms with Gasteiger partial charge in [0.1, 0.15) is 18.2 Å². The number of nitrogens with zero attached hydrogens (tertiary/aromatic N) is 2. The second-order valence-electron chi connectivity index (χ2n) is 7.81. The summed E-state index contributed by atoms with van der Waals surface area (Å²) >= 11 is 0. The molecule has 2 N–H and O–H groups in total. The summed E-state index contributed by atoms with van der Waals surface area (Å²) in [5.41, 5.74) is -2.47. The van der Waals surface area contributed by atoms with Crippen molar-refractivity contribution in [2.75, 3.05) is 10.6 Å². The van der Waals surface area contributed by atoms with Gasteiger partial charge in [-0.3, -0.25) is 19.0 Å². The van der Waals surface area contributed by atoms with Gasteiger partial charge in [0.25, 0.3) is 11.5 Å². The van der Waals surface area contributed by atoms with Crippen LogP contribution in [0.3, 0.4) is 0 Å². The standard InChI is InChI=1S/C25H18F4N4O3/c1-14-30-20-9-5-3-7-17(20)24(36)33(14)13-22(34)32-21-11-10-15(12-18(21)25(27,28)29)31-23(35)16-6-2-4-8-19(16)26/h2-12H,13H2,1H3,(H,31,35)(H,32,34). The van der Waals surface area contributed by atoms with Crippen molar-refractivity contribution in [3.05, 3.63) is 99.9 Å². The number of carbonyl (C=O) groups excluding carboxylic acids is 2. The molecule has 0 saturated heterocycles. The van der Waals surface area contributed by atoms with E-state index in [1.54, 1.807) is 18.2 Å².